The van der Waals surface area contributed by atoms with Crippen LogP contribution in [0.15, 0.2) is 42.5 Å². The van der Waals surface area contributed by atoms with Gasteiger partial charge >= 0.3 is 0 Å². The van der Waals surface area contributed by atoms with Crippen molar-refractivity contribution in [3.63, 3.8) is 0 Å². The smallest absolute Gasteiger partial charge is 0.171 e. The average molecular weight is 363 g/mol. The minimum Gasteiger partial charge on any atom is -0.490 e. The molecule has 0 aliphatic carbocycles. The summed E-state index contributed by atoms with van der Waals surface area (Å²) in [4.78, 5) is 0. The molecule has 0 amide bonds. The van der Waals surface area contributed by atoms with Crippen LogP contribution in [0.2, 0.25) is 5.02 Å². The van der Waals surface area contributed by atoms with E-state index in [1.807, 2.05) is 49.4 Å². The van der Waals surface area contributed by atoms with Gasteiger partial charge < -0.3 is 20.1 Å². The molecule has 1 heterocycles. The van der Waals surface area contributed by atoms with Gasteiger partial charge in [-0.1, -0.05) is 29.8 Å². The molecule has 3 rings (SSSR count). The number of anilines is 1. The van der Waals surface area contributed by atoms with Crippen molar-refractivity contribution in [2.45, 2.75) is 19.4 Å². The second-order valence-corrected chi connectivity index (χ2v) is 6.37. The molecule has 0 saturated heterocycles. The molecule has 0 aromatic heterocycles. The summed E-state index contributed by atoms with van der Waals surface area (Å²) in [6.07, 6.45) is 0.893. The fraction of sp³-hybridized carbons (Fsp3) is 0.278. The minimum atomic E-state index is 0.0182. The van der Waals surface area contributed by atoms with Crippen LogP contribution in [0.5, 0.6) is 11.5 Å². The van der Waals surface area contributed by atoms with Crippen molar-refractivity contribution in [2.75, 3.05) is 18.5 Å². The number of halogens is 1. The molecule has 0 spiro atoms. The predicted octanol–water partition coefficient (Wildman–Crippen LogP) is 4.55. The van der Waals surface area contributed by atoms with E-state index in [2.05, 4.69) is 10.6 Å². The number of rotatable bonds is 3. The van der Waals surface area contributed by atoms with Crippen LogP contribution < -0.4 is 20.1 Å². The van der Waals surface area contributed by atoms with Crippen molar-refractivity contribution in [1.29, 1.82) is 0 Å². The van der Waals surface area contributed by atoms with Crippen LogP contribution >= 0.6 is 23.8 Å². The molecule has 0 bridgehead atoms. The van der Waals surface area contributed by atoms with Gasteiger partial charge in [0.2, 0.25) is 0 Å². The van der Waals surface area contributed by atoms with Gasteiger partial charge in [-0.25, -0.2) is 0 Å². The maximum absolute atomic E-state index is 6.14. The highest BCUT2D eigenvalue weighted by molar-refractivity contribution is 7.80. The third-order valence-corrected chi connectivity index (χ3v) is 4.29. The molecule has 1 unspecified atom stereocenters. The molecule has 24 heavy (non-hydrogen) atoms. The largest absolute Gasteiger partial charge is 0.490 e. The van der Waals surface area contributed by atoms with Crippen LogP contribution in [0.25, 0.3) is 0 Å². The fourth-order valence-corrected chi connectivity index (χ4v) is 2.92. The molecular weight excluding hydrogens is 344 g/mol. The molecule has 0 radical (unpaired) electrons. The van der Waals surface area contributed by atoms with Crippen LogP contribution in [0.1, 0.15) is 24.9 Å². The first-order chi connectivity index (χ1) is 11.6. The number of ether oxygens (including phenoxy) is 2. The Bertz CT molecular complexity index is 739. The van der Waals surface area contributed by atoms with E-state index in [9.17, 15) is 0 Å². The standard InChI is InChI=1S/C18H19ClN2O2S/c1-12(20-18(24)21-15-6-3-2-5-14(15)19)13-7-8-16-17(11-13)23-10-4-9-22-16/h2-3,5-8,11-12H,4,9-10H2,1H3,(H2,20,21,24). The van der Waals surface area contributed by atoms with E-state index in [1.165, 1.54) is 0 Å². The zero-order valence-electron chi connectivity index (χ0n) is 13.3. The monoisotopic (exact) mass is 362 g/mol. The van der Waals surface area contributed by atoms with E-state index in [0.29, 0.717) is 23.3 Å². The van der Waals surface area contributed by atoms with E-state index in [1.54, 1.807) is 0 Å². The van der Waals surface area contributed by atoms with E-state index in [4.69, 9.17) is 33.3 Å². The topological polar surface area (TPSA) is 42.5 Å². The van der Waals surface area contributed by atoms with Gasteiger partial charge in [0.15, 0.2) is 16.6 Å². The van der Waals surface area contributed by atoms with Crippen molar-refractivity contribution >= 4 is 34.6 Å². The summed E-state index contributed by atoms with van der Waals surface area (Å²) in [5, 5.41) is 7.52. The molecule has 1 aliphatic heterocycles. The van der Waals surface area contributed by atoms with E-state index in [-0.39, 0.29) is 6.04 Å². The summed E-state index contributed by atoms with van der Waals surface area (Å²) in [5.74, 6) is 1.57. The first-order valence-electron chi connectivity index (χ1n) is 7.85. The Morgan fingerprint density at radius 1 is 1.12 bits per heavy atom. The lowest BCUT2D eigenvalue weighted by molar-refractivity contribution is 0.297. The van der Waals surface area contributed by atoms with E-state index < -0.39 is 0 Å². The second kappa shape index (κ2) is 7.73. The third kappa shape index (κ3) is 4.10. The van der Waals surface area contributed by atoms with Crippen molar-refractivity contribution in [1.82, 2.24) is 5.32 Å². The normalized spacial score (nSPS) is 14.4. The molecule has 1 aliphatic rings. The first kappa shape index (κ1) is 16.9. The van der Waals surface area contributed by atoms with E-state index in [0.717, 1.165) is 29.2 Å². The number of nitrogens with one attached hydrogen (secondary N) is 2. The van der Waals surface area contributed by atoms with Gasteiger partial charge in [-0.15, -0.1) is 0 Å². The number of benzene rings is 2. The van der Waals surface area contributed by atoms with Gasteiger partial charge in [-0.05, 0) is 49.0 Å². The Balaban J connectivity index is 1.66. The maximum atomic E-state index is 6.14. The van der Waals surface area contributed by atoms with Crippen LogP contribution in [0, 0.1) is 0 Å². The van der Waals surface area contributed by atoms with Crippen LogP contribution in [0.3, 0.4) is 0 Å². The molecule has 1 atom stereocenters. The zero-order chi connectivity index (χ0) is 16.9. The lowest BCUT2D eigenvalue weighted by Crippen LogP contribution is -2.31. The molecule has 4 nitrogen and oxygen atoms in total. The van der Waals surface area contributed by atoms with Crippen molar-refractivity contribution < 1.29 is 9.47 Å². The first-order valence-corrected chi connectivity index (χ1v) is 8.64. The summed E-state index contributed by atoms with van der Waals surface area (Å²) in [6, 6.07) is 13.5. The Morgan fingerprint density at radius 3 is 2.67 bits per heavy atom. The highest BCUT2D eigenvalue weighted by atomic mass is 35.5. The molecule has 2 N–H and O–H groups in total. The molecular formula is C18H19ClN2O2S. The summed E-state index contributed by atoms with van der Waals surface area (Å²) in [7, 11) is 0. The second-order valence-electron chi connectivity index (χ2n) is 5.56. The number of fused-ring (bicyclic) bond motifs is 1. The number of thiocarbonyl (C=S) groups is 1. The molecule has 2 aromatic carbocycles. The summed E-state index contributed by atoms with van der Waals surface area (Å²) < 4.78 is 11.4. The van der Waals surface area contributed by atoms with Gasteiger partial charge in [0.25, 0.3) is 0 Å². The summed E-state index contributed by atoms with van der Waals surface area (Å²) >= 11 is 11.5. The lowest BCUT2D eigenvalue weighted by Gasteiger charge is -2.19. The molecule has 0 saturated carbocycles. The summed E-state index contributed by atoms with van der Waals surface area (Å²) in [5.41, 5.74) is 1.85. The van der Waals surface area contributed by atoms with Crippen LogP contribution in [-0.4, -0.2) is 18.3 Å². The summed E-state index contributed by atoms with van der Waals surface area (Å²) in [6.45, 7) is 3.40. The zero-order valence-corrected chi connectivity index (χ0v) is 14.9. The molecule has 6 heteroatoms. The molecule has 0 fully saturated rings. The SMILES string of the molecule is CC(NC(=S)Nc1ccccc1Cl)c1ccc2c(c1)OCCCO2. The maximum Gasteiger partial charge on any atom is 0.171 e. The van der Waals surface area contributed by atoms with Gasteiger partial charge in [0.05, 0.1) is 30.0 Å². The van der Waals surface area contributed by atoms with Crippen molar-refractivity contribution in [2.24, 2.45) is 0 Å². The number of hydrogen-bond acceptors (Lipinski definition) is 3. The highest BCUT2D eigenvalue weighted by Crippen LogP contribution is 2.32. The lowest BCUT2D eigenvalue weighted by atomic mass is 10.1. The average Bonchev–Trinajstić information content (AvgIpc) is 2.81. The Labute approximate surface area is 152 Å². The van der Waals surface area contributed by atoms with Gasteiger partial charge in [0, 0.05) is 6.42 Å². The minimum absolute atomic E-state index is 0.0182. The highest BCUT2D eigenvalue weighted by Gasteiger charge is 2.14. The third-order valence-electron chi connectivity index (χ3n) is 3.74. The fourth-order valence-electron chi connectivity index (χ4n) is 2.45. The number of hydrogen-bond donors (Lipinski definition) is 2. The van der Waals surface area contributed by atoms with E-state index >= 15 is 0 Å². The quantitative estimate of drug-likeness (QED) is 0.784. The van der Waals surface area contributed by atoms with Crippen LogP contribution in [0.4, 0.5) is 5.69 Å². The Morgan fingerprint density at radius 2 is 1.88 bits per heavy atom. The van der Waals surface area contributed by atoms with Crippen molar-refractivity contribution in [3.8, 4) is 11.5 Å². The van der Waals surface area contributed by atoms with Gasteiger partial charge in [-0.3, -0.25) is 0 Å². The number of para-hydroxylation sites is 1. The van der Waals surface area contributed by atoms with Gasteiger partial charge in [0.1, 0.15) is 0 Å². The predicted molar refractivity (Wildman–Crippen MR) is 101 cm³/mol. The van der Waals surface area contributed by atoms with Crippen LogP contribution in [-0.2, 0) is 0 Å². The molecule has 2 aromatic rings. The Kier molecular flexibility index (Phi) is 5.43. The Hall–Kier alpha value is -1.98. The molecule has 126 valence electrons. The van der Waals surface area contributed by atoms with Crippen molar-refractivity contribution in [3.05, 3.63) is 53.1 Å². The van der Waals surface area contributed by atoms with Gasteiger partial charge in [-0.2, -0.15) is 0 Å².